The first-order valence-corrected chi connectivity index (χ1v) is 12.6. The van der Waals surface area contributed by atoms with E-state index in [2.05, 4.69) is 53.0 Å². The number of fused-ring (bicyclic) bond motifs is 1. The highest BCUT2D eigenvalue weighted by Crippen LogP contribution is 2.60. The van der Waals surface area contributed by atoms with Crippen molar-refractivity contribution in [2.45, 2.75) is 91.6 Å². The first-order chi connectivity index (χ1) is 14.7. The van der Waals surface area contributed by atoms with E-state index in [1.165, 1.54) is 50.5 Å². The summed E-state index contributed by atoms with van der Waals surface area (Å²) in [5, 5.41) is 0. The molecule has 3 saturated carbocycles. The van der Waals surface area contributed by atoms with Gasteiger partial charge in [0.25, 0.3) is 0 Å². The van der Waals surface area contributed by atoms with Crippen molar-refractivity contribution in [2.75, 3.05) is 0 Å². The highest BCUT2D eigenvalue weighted by molar-refractivity contribution is 5.89. The third-order valence-electron chi connectivity index (χ3n) is 9.33. The number of cyclic esters (lactones) is 1. The second-order valence-corrected chi connectivity index (χ2v) is 11.5. The molecule has 0 radical (unpaired) electrons. The lowest BCUT2D eigenvalue weighted by atomic mass is 9.60. The molecule has 31 heavy (non-hydrogen) atoms. The number of carbonyl (C=O) groups excluding carboxylic acids is 1. The van der Waals surface area contributed by atoms with Crippen LogP contribution in [0.15, 0.2) is 47.6 Å². The van der Waals surface area contributed by atoms with Crippen LogP contribution >= 0.6 is 0 Å². The highest BCUT2D eigenvalue weighted by atomic mass is 16.5. The molecule has 1 unspecified atom stereocenters. The molecule has 4 fully saturated rings. The minimum atomic E-state index is -0.182. The summed E-state index contributed by atoms with van der Waals surface area (Å²) in [6, 6.07) is 0. The van der Waals surface area contributed by atoms with Gasteiger partial charge in [0.2, 0.25) is 0 Å². The second kappa shape index (κ2) is 8.75. The van der Waals surface area contributed by atoms with Crippen molar-refractivity contribution in [3.63, 3.8) is 0 Å². The Kier molecular flexibility index (Phi) is 6.39. The largest absolute Gasteiger partial charge is 0.459 e. The van der Waals surface area contributed by atoms with Gasteiger partial charge in [-0.1, -0.05) is 69.7 Å². The van der Waals surface area contributed by atoms with Crippen molar-refractivity contribution < 1.29 is 9.53 Å². The number of allylic oxidation sites excluding steroid dienone is 5. The Morgan fingerprint density at radius 3 is 2.48 bits per heavy atom. The molecule has 3 aliphatic carbocycles. The molecule has 1 heterocycles. The number of ether oxygens (including phenoxy) is 1. The van der Waals surface area contributed by atoms with Crippen molar-refractivity contribution >= 4 is 5.97 Å². The molecule has 2 nitrogen and oxygen atoms in total. The predicted molar refractivity (Wildman–Crippen MR) is 128 cm³/mol. The van der Waals surface area contributed by atoms with E-state index >= 15 is 0 Å². The van der Waals surface area contributed by atoms with Crippen LogP contribution in [0, 0.1) is 35.0 Å². The Bertz CT molecular complexity index is 783. The minimum absolute atomic E-state index is 0.0472. The lowest BCUT2D eigenvalue weighted by Gasteiger charge is -2.44. The van der Waals surface area contributed by atoms with Gasteiger partial charge in [0, 0.05) is 12.0 Å². The molecule has 0 aromatic heterocycles. The van der Waals surface area contributed by atoms with Gasteiger partial charge in [0.1, 0.15) is 6.10 Å². The van der Waals surface area contributed by atoms with Gasteiger partial charge in [-0.25, -0.2) is 4.79 Å². The van der Waals surface area contributed by atoms with E-state index in [0.717, 1.165) is 24.7 Å². The molecule has 4 rings (SSSR count). The summed E-state index contributed by atoms with van der Waals surface area (Å²) in [6.07, 6.45) is 15.7. The normalized spacial score (nSPS) is 40.8. The average Bonchev–Trinajstić information content (AvgIpc) is 3.22. The Morgan fingerprint density at radius 2 is 1.84 bits per heavy atom. The van der Waals surface area contributed by atoms with Crippen LogP contribution in [0.4, 0.5) is 0 Å². The fraction of sp³-hybridized carbons (Fsp3) is 0.690. The summed E-state index contributed by atoms with van der Waals surface area (Å²) in [6.45, 7) is 17.8. The van der Waals surface area contributed by atoms with Crippen LogP contribution in [0.5, 0.6) is 0 Å². The minimum Gasteiger partial charge on any atom is -0.459 e. The molecular formula is C29H42O2. The van der Waals surface area contributed by atoms with Crippen molar-refractivity contribution in [1.82, 2.24) is 0 Å². The van der Waals surface area contributed by atoms with Crippen LogP contribution in [-0.4, -0.2) is 12.1 Å². The second-order valence-electron chi connectivity index (χ2n) is 11.5. The van der Waals surface area contributed by atoms with Crippen LogP contribution in [0.1, 0.15) is 85.5 Å². The van der Waals surface area contributed by atoms with E-state index in [-0.39, 0.29) is 12.1 Å². The van der Waals surface area contributed by atoms with Gasteiger partial charge in [0.15, 0.2) is 0 Å². The van der Waals surface area contributed by atoms with Gasteiger partial charge < -0.3 is 4.74 Å². The summed E-state index contributed by atoms with van der Waals surface area (Å²) < 4.78 is 5.56. The third-order valence-corrected chi connectivity index (χ3v) is 9.33. The summed E-state index contributed by atoms with van der Waals surface area (Å²) in [5.41, 5.74) is 5.78. The van der Waals surface area contributed by atoms with Crippen LogP contribution in [0.3, 0.4) is 0 Å². The van der Waals surface area contributed by atoms with E-state index < -0.39 is 0 Å². The molecule has 0 N–H and O–H groups in total. The maximum atomic E-state index is 11.7. The average molecular weight is 423 g/mol. The van der Waals surface area contributed by atoms with Crippen LogP contribution in [0.25, 0.3) is 0 Å². The SMILES string of the molecule is C=C1C[C@H](C[C@@H](C)C2CC[C@H]3/C(=C/C=C4C[C@@H](C)C(=C)[C@H](C)C4)CCC[C@]23C)OC1=O. The zero-order chi connectivity index (χ0) is 22.3. The van der Waals surface area contributed by atoms with Gasteiger partial charge in [-0.15, -0.1) is 0 Å². The maximum Gasteiger partial charge on any atom is 0.333 e. The van der Waals surface area contributed by atoms with Gasteiger partial charge >= 0.3 is 5.97 Å². The van der Waals surface area contributed by atoms with Crippen molar-refractivity contribution in [1.29, 1.82) is 0 Å². The fourth-order valence-electron chi connectivity index (χ4n) is 7.54. The van der Waals surface area contributed by atoms with Crippen molar-refractivity contribution in [3.8, 4) is 0 Å². The molecule has 0 amide bonds. The van der Waals surface area contributed by atoms with Crippen molar-refractivity contribution in [2.24, 2.45) is 35.0 Å². The zero-order valence-corrected chi connectivity index (χ0v) is 20.2. The molecule has 1 aliphatic heterocycles. The lowest BCUT2D eigenvalue weighted by molar-refractivity contribution is -0.139. The van der Waals surface area contributed by atoms with Gasteiger partial charge in [0.05, 0.1) is 0 Å². The van der Waals surface area contributed by atoms with E-state index in [4.69, 9.17) is 4.74 Å². The van der Waals surface area contributed by atoms with Crippen LogP contribution < -0.4 is 0 Å². The molecular weight excluding hydrogens is 380 g/mol. The smallest absolute Gasteiger partial charge is 0.333 e. The van der Waals surface area contributed by atoms with Crippen LogP contribution in [0.2, 0.25) is 0 Å². The first-order valence-electron chi connectivity index (χ1n) is 12.6. The number of esters is 1. The van der Waals surface area contributed by atoms with E-state index in [1.807, 2.05) is 0 Å². The van der Waals surface area contributed by atoms with Crippen molar-refractivity contribution in [3.05, 3.63) is 47.6 Å². The third kappa shape index (κ3) is 4.37. The van der Waals surface area contributed by atoms with Crippen LogP contribution in [-0.2, 0) is 9.53 Å². The molecule has 1 saturated heterocycles. The number of carbonyl (C=O) groups is 1. The predicted octanol–water partition coefficient (Wildman–Crippen LogP) is 7.58. The molecule has 4 aliphatic rings. The number of hydrogen-bond acceptors (Lipinski definition) is 2. The van der Waals surface area contributed by atoms with E-state index in [1.54, 1.807) is 11.1 Å². The highest BCUT2D eigenvalue weighted by Gasteiger charge is 2.51. The molecule has 0 aromatic carbocycles. The Hall–Kier alpha value is -1.57. The van der Waals surface area contributed by atoms with Gasteiger partial charge in [-0.05, 0) is 86.4 Å². The maximum absolute atomic E-state index is 11.7. The summed E-state index contributed by atoms with van der Waals surface area (Å²) >= 11 is 0. The fourth-order valence-corrected chi connectivity index (χ4v) is 7.54. The lowest BCUT2D eigenvalue weighted by Crippen LogP contribution is -2.36. The standard InChI is InChI=1S/C29H42O2/c1-18-14-23(15-19(2)22(18)5)9-10-24-8-7-13-29(6)26(11-12-27(24)29)20(3)16-25-17-21(4)28(30)31-25/h9-10,18-20,25-27H,4-5,7-8,11-17H2,1-3,6H3/b24-10+/t18-,19-,20-,25+,26?,27+,29-/m1/s1. The Balaban J connectivity index is 1.45. The molecule has 0 aromatic rings. The summed E-state index contributed by atoms with van der Waals surface area (Å²) in [7, 11) is 0. The number of rotatable bonds is 4. The van der Waals surface area contributed by atoms with Gasteiger partial charge in [-0.2, -0.15) is 0 Å². The van der Waals surface area contributed by atoms with E-state index in [9.17, 15) is 4.79 Å². The molecule has 7 atom stereocenters. The molecule has 2 heteroatoms. The molecule has 0 bridgehead atoms. The topological polar surface area (TPSA) is 26.3 Å². The zero-order valence-electron chi connectivity index (χ0n) is 20.2. The van der Waals surface area contributed by atoms with E-state index in [0.29, 0.717) is 28.7 Å². The van der Waals surface area contributed by atoms with Gasteiger partial charge in [-0.3, -0.25) is 0 Å². The Labute approximate surface area is 189 Å². The molecule has 0 spiro atoms. The monoisotopic (exact) mass is 422 g/mol. The molecule has 170 valence electrons. The quantitative estimate of drug-likeness (QED) is 0.265. The summed E-state index contributed by atoms with van der Waals surface area (Å²) in [5.74, 6) is 3.07. The number of hydrogen-bond donors (Lipinski definition) is 0. The Morgan fingerprint density at radius 1 is 1.13 bits per heavy atom. The summed E-state index contributed by atoms with van der Waals surface area (Å²) in [4.78, 5) is 11.7. The first kappa shape index (κ1) is 22.6.